The molecule has 0 fully saturated rings. The summed E-state index contributed by atoms with van der Waals surface area (Å²) >= 11 is 0. The van der Waals surface area contributed by atoms with Gasteiger partial charge in [0.2, 0.25) is 0 Å². The Kier molecular flexibility index (Phi) is 50.8. The summed E-state index contributed by atoms with van der Waals surface area (Å²) in [5, 5.41) is 0. The molecule has 0 bridgehead atoms. The van der Waals surface area contributed by atoms with Crippen molar-refractivity contribution in [3.05, 3.63) is 48.6 Å². The van der Waals surface area contributed by atoms with Crippen molar-refractivity contribution >= 4 is 17.9 Å². The highest BCUT2D eigenvalue weighted by molar-refractivity contribution is 5.71. The SMILES string of the molecule is CCCCCCCC/C=C\C/C=C\C/C=C\CCCC(=O)OCC(COC(=O)CCCCCCCCCCCCCCC)OC(=O)CCCCCCC/C=C\CCCCCCCCC. The molecule has 0 saturated carbocycles. The molecule has 64 heavy (non-hydrogen) atoms. The van der Waals surface area contributed by atoms with Crippen molar-refractivity contribution in [3.63, 3.8) is 0 Å². The Morgan fingerprint density at radius 1 is 0.312 bits per heavy atom. The van der Waals surface area contributed by atoms with Crippen LogP contribution in [0.15, 0.2) is 48.6 Å². The first kappa shape index (κ1) is 61.4. The van der Waals surface area contributed by atoms with Gasteiger partial charge in [0.1, 0.15) is 13.2 Å². The van der Waals surface area contributed by atoms with Crippen LogP contribution < -0.4 is 0 Å². The fraction of sp³-hybridized carbons (Fsp3) is 0.810. The maximum absolute atomic E-state index is 12.8. The summed E-state index contributed by atoms with van der Waals surface area (Å²) in [5.41, 5.74) is 0. The van der Waals surface area contributed by atoms with Crippen molar-refractivity contribution in [2.75, 3.05) is 13.2 Å². The van der Waals surface area contributed by atoms with E-state index in [1.54, 1.807) is 0 Å². The average Bonchev–Trinajstić information content (AvgIpc) is 3.29. The van der Waals surface area contributed by atoms with E-state index in [0.29, 0.717) is 19.3 Å². The maximum atomic E-state index is 12.8. The largest absolute Gasteiger partial charge is 0.462 e. The normalized spacial score (nSPS) is 12.4. The van der Waals surface area contributed by atoms with Crippen LogP contribution in [-0.4, -0.2) is 37.2 Å². The van der Waals surface area contributed by atoms with Crippen molar-refractivity contribution in [1.29, 1.82) is 0 Å². The molecule has 372 valence electrons. The lowest BCUT2D eigenvalue weighted by Gasteiger charge is -2.18. The van der Waals surface area contributed by atoms with E-state index in [-0.39, 0.29) is 37.5 Å². The summed E-state index contributed by atoms with van der Waals surface area (Å²) in [4.78, 5) is 38.0. The van der Waals surface area contributed by atoms with Crippen LogP contribution >= 0.6 is 0 Å². The molecule has 0 saturated heterocycles. The predicted octanol–water partition coefficient (Wildman–Crippen LogP) is 18.3. The highest BCUT2D eigenvalue weighted by Gasteiger charge is 2.19. The molecule has 0 radical (unpaired) electrons. The fourth-order valence-electron chi connectivity index (χ4n) is 7.87. The third-order valence-electron chi connectivity index (χ3n) is 12.1. The molecule has 0 amide bonds. The van der Waals surface area contributed by atoms with E-state index < -0.39 is 6.10 Å². The molecular formula is C58H104O6. The van der Waals surface area contributed by atoms with Gasteiger partial charge >= 0.3 is 17.9 Å². The lowest BCUT2D eigenvalue weighted by Crippen LogP contribution is -2.30. The van der Waals surface area contributed by atoms with Crippen molar-refractivity contribution in [2.45, 2.75) is 290 Å². The molecule has 6 heteroatoms. The summed E-state index contributed by atoms with van der Waals surface area (Å²) < 4.78 is 16.8. The third kappa shape index (κ3) is 50.4. The van der Waals surface area contributed by atoms with Gasteiger partial charge in [-0.05, 0) is 77.0 Å². The van der Waals surface area contributed by atoms with E-state index in [2.05, 4.69) is 69.4 Å². The van der Waals surface area contributed by atoms with Crippen LogP contribution in [0.2, 0.25) is 0 Å². The minimum Gasteiger partial charge on any atom is -0.462 e. The van der Waals surface area contributed by atoms with Crippen LogP contribution in [0.25, 0.3) is 0 Å². The summed E-state index contributed by atoms with van der Waals surface area (Å²) in [7, 11) is 0. The van der Waals surface area contributed by atoms with Gasteiger partial charge in [-0.1, -0.05) is 236 Å². The number of esters is 3. The molecule has 0 spiro atoms. The summed E-state index contributed by atoms with van der Waals surface area (Å²) in [6.45, 7) is 6.60. The number of carbonyl (C=O) groups is 3. The Bertz CT molecular complexity index is 1120. The van der Waals surface area contributed by atoms with Crippen LogP contribution in [-0.2, 0) is 28.6 Å². The number of hydrogen-bond acceptors (Lipinski definition) is 6. The lowest BCUT2D eigenvalue weighted by atomic mass is 10.0. The summed E-state index contributed by atoms with van der Waals surface area (Å²) in [6, 6.07) is 0. The molecule has 0 aromatic rings. The summed E-state index contributed by atoms with van der Waals surface area (Å²) in [6.07, 6.45) is 63.9. The molecule has 1 atom stereocenters. The van der Waals surface area contributed by atoms with E-state index in [1.165, 1.54) is 167 Å². The Balaban J connectivity index is 4.44. The number of carbonyl (C=O) groups excluding carboxylic acids is 3. The zero-order valence-corrected chi connectivity index (χ0v) is 42.6. The minimum absolute atomic E-state index is 0.0893. The first-order chi connectivity index (χ1) is 31.5. The van der Waals surface area contributed by atoms with Crippen molar-refractivity contribution < 1.29 is 28.6 Å². The monoisotopic (exact) mass is 897 g/mol. The number of ether oxygens (including phenoxy) is 3. The second kappa shape index (κ2) is 53.0. The fourth-order valence-corrected chi connectivity index (χ4v) is 7.87. The van der Waals surface area contributed by atoms with E-state index in [0.717, 1.165) is 70.6 Å². The Hall–Kier alpha value is -2.63. The second-order valence-electron chi connectivity index (χ2n) is 18.5. The zero-order chi connectivity index (χ0) is 46.5. The van der Waals surface area contributed by atoms with Crippen LogP contribution in [0.4, 0.5) is 0 Å². The first-order valence-corrected chi connectivity index (χ1v) is 27.6. The predicted molar refractivity (Wildman–Crippen MR) is 275 cm³/mol. The third-order valence-corrected chi connectivity index (χ3v) is 12.1. The van der Waals surface area contributed by atoms with Crippen molar-refractivity contribution in [1.82, 2.24) is 0 Å². The van der Waals surface area contributed by atoms with Crippen LogP contribution in [0.3, 0.4) is 0 Å². The van der Waals surface area contributed by atoms with Gasteiger partial charge in [-0.3, -0.25) is 14.4 Å². The smallest absolute Gasteiger partial charge is 0.306 e. The molecule has 0 aromatic carbocycles. The van der Waals surface area contributed by atoms with Crippen molar-refractivity contribution in [3.8, 4) is 0 Å². The van der Waals surface area contributed by atoms with E-state index in [4.69, 9.17) is 14.2 Å². The lowest BCUT2D eigenvalue weighted by molar-refractivity contribution is -0.167. The number of unbranched alkanes of at least 4 members (excludes halogenated alkanes) is 31. The van der Waals surface area contributed by atoms with Gasteiger partial charge in [-0.15, -0.1) is 0 Å². The standard InChI is InChI=1S/C58H104O6/c1-4-7-10-13-16-19-22-25-27-29-31-33-36-39-42-45-48-51-57(60)63-54-55(53-62-56(59)50-47-44-41-38-35-32-24-21-18-15-12-9-6-3)64-58(61)52-49-46-43-40-37-34-30-28-26-23-20-17-14-11-8-5-2/h25,27-28,30-31,33,39,42,55H,4-24,26,29,32,34-38,40-41,43-54H2,1-3H3/b27-25-,30-28-,33-31-,42-39-. The topological polar surface area (TPSA) is 78.9 Å². The van der Waals surface area contributed by atoms with Crippen LogP contribution in [0.5, 0.6) is 0 Å². The van der Waals surface area contributed by atoms with Gasteiger partial charge in [0, 0.05) is 19.3 Å². The number of hydrogen-bond donors (Lipinski definition) is 0. The van der Waals surface area contributed by atoms with Crippen LogP contribution in [0, 0.1) is 0 Å². The number of rotatable bonds is 50. The first-order valence-electron chi connectivity index (χ1n) is 27.6. The zero-order valence-electron chi connectivity index (χ0n) is 42.6. The second-order valence-corrected chi connectivity index (χ2v) is 18.5. The van der Waals surface area contributed by atoms with Gasteiger partial charge in [-0.2, -0.15) is 0 Å². The molecule has 0 aliphatic heterocycles. The Labute approximate surface area is 397 Å². The molecular weight excluding hydrogens is 793 g/mol. The number of allylic oxidation sites excluding steroid dienone is 8. The minimum atomic E-state index is -0.794. The van der Waals surface area contributed by atoms with E-state index >= 15 is 0 Å². The van der Waals surface area contributed by atoms with Gasteiger partial charge in [0.25, 0.3) is 0 Å². The molecule has 0 aliphatic carbocycles. The van der Waals surface area contributed by atoms with E-state index in [1.807, 2.05) is 0 Å². The molecule has 0 aromatic heterocycles. The average molecular weight is 897 g/mol. The van der Waals surface area contributed by atoms with Gasteiger partial charge in [0.15, 0.2) is 6.10 Å². The molecule has 6 nitrogen and oxygen atoms in total. The molecule has 0 N–H and O–H groups in total. The Morgan fingerprint density at radius 3 is 0.953 bits per heavy atom. The van der Waals surface area contributed by atoms with Gasteiger partial charge in [0.05, 0.1) is 0 Å². The molecule has 0 heterocycles. The molecule has 1 unspecified atom stereocenters. The molecule has 0 rings (SSSR count). The molecule has 0 aliphatic rings. The quantitative estimate of drug-likeness (QED) is 0.0262. The van der Waals surface area contributed by atoms with Crippen molar-refractivity contribution in [2.24, 2.45) is 0 Å². The van der Waals surface area contributed by atoms with Crippen LogP contribution in [0.1, 0.15) is 284 Å². The van der Waals surface area contributed by atoms with E-state index in [9.17, 15) is 14.4 Å². The Morgan fingerprint density at radius 2 is 0.578 bits per heavy atom. The maximum Gasteiger partial charge on any atom is 0.306 e. The van der Waals surface area contributed by atoms with Gasteiger partial charge < -0.3 is 14.2 Å². The highest BCUT2D eigenvalue weighted by atomic mass is 16.6. The highest BCUT2D eigenvalue weighted by Crippen LogP contribution is 2.15. The van der Waals surface area contributed by atoms with Gasteiger partial charge in [-0.25, -0.2) is 0 Å². The summed E-state index contributed by atoms with van der Waals surface area (Å²) in [5.74, 6) is -0.942.